The van der Waals surface area contributed by atoms with Crippen LogP contribution in [-0.2, 0) is 0 Å². The Morgan fingerprint density at radius 1 is 1.70 bits per heavy atom. The third kappa shape index (κ3) is 2.44. The molecule has 2 N–H and O–H groups in total. The lowest BCUT2D eigenvalue weighted by molar-refractivity contribution is 0.135. The maximum Gasteiger partial charge on any atom is 0.117 e. The normalized spacial score (nSPS) is 22.2. The van der Waals surface area contributed by atoms with Crippen LogP contribution in [0.15, 0.2) is 0 Å². The van der Waals surface area contributed by atoms with Crippen molar-refractivity contribution in [1.82, 2.24) is 5.32 Å². The van der Waals surface area contributed by atoms with Gasteiger partial charge in [0.1, 0.15) is 6.67 Å². The Labute approximate surface area is 64.2 Å². The molecule has 0 radical (unpaired) electrons. The molecule has 4 heteroatoms. The largest absolute Gasteiger partial charge is 0.389 e. The van der Waals surface area contributed by atoms with Crippen molar-refractivity contribution in [2.75, 3.05) is 24.7 Å². The highest BCUT2D eigenvalue weighted by Gasteiger charge is 2.17. The van der Waals surface area contributed by atoms with Crippen LogP contribution in [0.2, 0.25) is 0 Å². The first-order chi connectivity index (χ1) is 4.83. The van der Waals surface area contributed by atoms with Crippen molar-refractivity contribution in [2.45, 2.75) is 12.1 Å². The smallest absolute Gasteiger partial charge is 0.117 e. The minimum absolute atomic E-state index is 0.391. The monoisotopic (exact) mass is 165 g/mol. The summed E-state index contributed by atoms with van der Waals surface area (Å²) in [6, 6.07) is 0.506. The van der Waals surface area contributed by atoms with Gasteiger partial charge in [-0.1, -0.05) is 0 Å². The van der Waals surface area contributed by atoms with E-state index < -0.39 is 12.8 Å². The van der Waals surface area contributed by atoms with Gasteiger partial charge in [-0.05, 0) is 0 Å². The van der Waals surface area contributed by atoms with Gasteiger partial charge in [-0.15, -0.1) is 0 Å². The second kappa shape index (κ2) is 4.16. The predicted octanol–water partition coefficient (Wildman–Crippen LogP) is 0.0218. The Bertz CT molecular complexity index is 95.0. The first-order valence-corrected chi connectivity index (χ1v) is 4.53. The molecule has 2 nitrogen and oxygen atoms in total. The zero-order valence-corrected chi connectivity index (χ0v) is 6.53. The number of thioether (sulfide) groups is 1. The van der Waals surface area contributed by atoms with E-state index in [1.165, 1.54) is 0 Å². The van der Waals surface area contributed by atoms with Crippen molar-refractivity contribution in [1.29, 1.82) is 0 Å². The SMILES string of the molecule is OC(CF)CNC1CSC1. The maximum absolute atomic E-state index is 11.7. The van der Waals surface area contributed by atoms with Crippen LogP contribution < -0.4 is 5.32 Å². The Morgan fingerprint density at radius 2 is 2.40 bits per heavy atom. The molecule has 0 spiro atoms. The van der Waals surface area contributed by atoms with Gasteiger partial charge in [-0.3, -0.25) is 0 Å². The van der Waals surface area contributed by atoms with Gasteiger partial charge in [0, 0.05) is 24.1 Å². The molecule has 1 rings (SSSR count). The molecule has 1 aliphatic rings. The summed E-state index contributed by atoms with van der Waals surface area (Å²) in [6.07, 6.45) is -0.814. The fourth-order valence-electron chi connectivity index (χ4n) is 0.711. The molecule has 0 aliphatic carbocycles. The van der Waals surface area contributed by atoms with Crippen molar-refractivity contribution >= 4 is 11.8 Å². The third-order valence-corrected chi connectivity index (χ3v) is 2.73. The summed E-state index contributed by atoms with van der Waals surface area (Å²) in [5.74, 6) is 2.19. The van der Waals surface area contributed by atoms with Crippen molar-refractivity contribution in [3.05, 3.63) is 0 Å². The summed E-state index contributed by atoms with van der Waals surface area (Å²) in [7, 11) is 0. The Kier molecular flexibility index (Phi) is 3.45. The predicted molar refractivity (Wildman–Crippen MR) is 41.1 cm³/mol. The molecule has 60 valence electrons. The van der Waals surface area contributed by atoms with E-state index in [4.69, 9.17) is 5.11 Å². The van der Waals surface area contributed by atoms with Crippen LogP contribution >= 0.6 is 11.8 Å². The van der Waals surface area contributed by atoms with Crippen LogP contribution in [0.4, 0.5) is 4.39 Å². The molecule has 0 amide bonds. The highest BCUT2D eigenvalue weighted by Crippen LogP contribution is 2.16. The molecule has 0 bridgehead atoms. The van der Waals surface area contributed by atoms with Gasteiger partial charge in [0.2, 0.25) is 0 Å². The van der Waals surface area contributed by atoms with E-state index in [1.54, 1.807) is 0 Å². The Morgan fingerprint density at radius 3 is 2.80 bits per heavy atom. The minimum Gasteiger partial charge on any atom is -0.389 e. The second-order valence-electron chi connectivity index (χ2n) is 2.45. The van der Waals surface area contributed by atoms with Crippen molar-refractivity contribution in [2.24, 2.45) is 0 Å². The number of halogens is 1. The zero-order chi connectivity index (χ0) is 7.40. The summed E-state index contributed by atoms with van der Waals surface area (Å²) in [5, 5.41) is 11.8. The van der Waals surface area contributed by atoms with Crippen LogP contribution in [0.1, 0.15) is 0 Å². The number of nitrogens with one attached hydrogen (secondary N) is 1. The molecule has 1 unspecified atom stereocenters. The van der Waals surface area contributed by atoms with Gasteiger partial charge in [-0.25, -0.2) is 4.39 Å². The number of hydrogen-bond donors (Lipinski definition) is 2. The van der Waals surface area contributed by atoms with Gasteiger partial charge >= 0.3 is 0 Å². The topological polar surface area (TPSA) is 32.3 Å². The maximum atomic E-state index is 11.7. The summed E-state index contributed by atoms with van der Waals surface area (Å²) in [5.41, 5.74) is 0. The minimum atomic E-state index is -0.814. The fraction of sp³-hybridized carbons (Fsp3) is 1.00. The molecular weight excluding hydrogens is 153 g/mol. The van der Waals surface area contributed by atoms with E-state index >= 15 is 0 Å². The van der Waals surface area contributed by atoms with Crippen LogP contribution in [0.5, 0.6) is 0 Å². The molecule has 0 aromatic rings. The first kappa shape index (κ1) is 8.30. The molecule has 0 saturated carbocycles. The van der Waals surface area contributed by atoms with E-state index in [0.717, 1.165) is 11.5 Å². The quantitative estimate of drug-likeness (QED) is 0.616. The Balaban J connectivity index is 1.93. The number of rotatable bonds is 4. The van der Waals surface area contributed by atoms with Gasteiger partial charge in [-0.2, -0.15) is 11.8 Å². The van der Waals surface area contributed by atoms with Gasteiger partial charge in [0.05, 0.1) is 6.10 Å². The summed E-state index contributed by atoms with van der Waals surface area (Å²) < 4.78 is 11.7. The van der Waals surface area contributed by atoms with Gasteiger partial charge in [0.15, 0.2) is 0 Å². The van der Waals surface area contributed by atoms with Crippen LogP contribution in [0.3, 0.4) is 0 Å². The van der Waals surface area contributed by atoms with Crippen molar-refractivity contribution < 1.29 is 9.50 Å². The molecule has 1 aliphatic heterocycles. The number of alkyl halides is 1. The standard InChI is InChI=1S/C6H12FNOS/c7-1-6(9)2-8-5-3-10-4-5/h5-6,8-9H,1-4H2. The lowest BCUT2D eigenvalue weighted by Gasteiger charge is -2.26. The summed E-state index contributed by atoms with van der Waals surface area (Å²) in [6.45, 7) is -0.255. The van der Waals surface area contributed by atoms with Gasteiger partial charge < -0.3 is 10.4 Å². The average Bonchev–Trinajstić information content (AvgIpc) is 1.84. The third-order valence-electron chi connectivity index (χ3n) is 1.46. The van der Waals surface area contributed by atoms with Crippen LogP contribution in [0.25, 0.3) is 0 Å². The molecule has 10 heavy (non-hydrogen) atoms. The number of hydrogen-bond acceptors (Lipinski definition) is 3. The summed E-state index contributed by atoms with van der Waals surface area (Å²) in [4.78, 5) is 0. The molecule has 1 saturated heterocycles. The van der Waals surface area contributed by atoms with E-state index in [2.05, 4.69) is 5.32 Å². The Hall–Kier alpha value is 0.200. The molecule has 0 aromatic carbocycles. The lowest BCUT2D eigenvalue weighted by atomic mass is 10.3. The lowest BCUT2D eigenvalue weighted by Crippen LogP contribution is -2.44. The second-order valence-corrected chi connectivity index (χ2v) is 3.53. The highest BCUT2D eigenvalue weighted by molar-refractivity contribution is 8.00. The summed E-state index contributed by atoms with van der Waals surface area (Å²) >= 11 is 1.87. The van der Waals surface area contributed by atoms with Crippen LogP contribution in [-0.4, -0.2) is 42.0 Å². The average molecular weight is 165 g/mol. The zero-order valence-electron chi connectivity index (χ0n) is 5.72. The van der Waals surface area contributed by atoms with Crippen molar-refractivity contribution in [3.8, 4) is 0 Å². The first-order valence-electron chi connectivity index (χ1n) is 3.38. The molecule has 1 fully saturated rings. The van der Waals surface area contributed by atoms with E-state index in [9.17, 15) is 4.39 Å². The van der Waals surface area contributed by atoms with Crippen molar-refractivity contribution in [3.63, 3.8) is 0 Å². The van der Waals surface area contributed by atoms with E-state index in [1.807, 2.05) is 11.8 Å². The highest BCUT2D eigenvalue weighted by atomic mass is 32.2. The molecule has 0 aromatic heterocycles. The fourth-order valence-corrected chi connectivity index (χ4v) is 1.42. The van der Waals surface area contributed by atoms with Gasteiger partial charge in [0.25, 0.3) is 0 Å². The number of aliphatic hydroxyl groups excluding tert-OH is 1. The van der Waals surface area contributed by atoms with E-state index in [0.29, 0.717) is 12.6 Å². The van der Waals surface area contributed by atoms with Crippen LogP contribution in [0, 0.1) is 0 Å². The molecular formula is C6H12FNOS. The molecule has 1 atom stereocenters. The molecule has 1 heterocycles. The number of aliphatic hydroxyl groups is 1. The van der Waals surface area contributed by atoms with E-state index in [-0.39, 0.29) is 0 Å².